The Kier molecular flexibility index (Phi) is 5.38. The highest BCUT2D eigenvalue weighted by Crippen LogP contribution is 2.23. The van der Waals surface area contributed by atoms with E-state index >= 15 is 0 Å². The number of carbonyl (C=O) groups is 2. The van der Waals surface area contributed by atoms with Crippen LogP contribution in [0.4, 0.5) is 5.69 Å². The molecule has 1 N–H and O–H groups in total. The van der Waals surface area contributed by atoms with Gasteiger partial charge in [-0.25, -0.2) is 8.42 Å². The molecule has 0 radical (unpaired) electrons. The smallest absolute Gasteiger partial charge is 0.306 e. The first-order valence-electron chi connectivity index (χ1n) is 7.20. The largest absolute Gasteiger partial charge is 0.481 e. The summed E-state index contributed by atoms with van der Waals surface area (Å²) < 4.78 is 28.7. The summed E-state index contributed by atoms with van der Waals surface area (Å²) in [6.07, 6.45) is -0.0890. The quantitative estimate of drug-likeness (QED) is 0.574. The van der Waals surface area contributed by atoms with Crippen molar-refractivity contribution in [3.63, 3.8) is 0 Å². The molecule has 0 aromatic heterocycles. The summed E-state index contributed by atoms with van der Waals surface area (Å²) in [5, 5.41) is 19.8. The fourth-order valence-electron chi connectivity index (χ4n) is 2.43. The summed E-state index contributed by atoms with van der Waals surface area (Å²) >= 11 is 0. The number of aliphatic carboxylic acids is 1. The maximum atomic E-state index is 12.6. The van der Waals surface area contributed by atoms with E-state index in [1.807, 2.05) is 0 Å². The van der Waals surface area contributed by atoms with Crippen molar-refractivity contribution in [2.75, 3.05) is 26.0 Å². The number of nitrogens with zero attached hydrogens (tertiary/aromatic N) is 2. The molecule has 1 atom stereocenters. The van der Waals surface area contributed by atoms with Gasteiger partial charge in [-0.15, -0.1) is 0 Å². The van der Waals surface area contributed by atoms with E-state index in [-0.39, 0.29) is 36.6 Å². The molecule has 0 bridgehead atoms. The number of rotatable bonds is 5. The van der Waals surface area contributed by atoms with Crippen molar-refractivity contribution in [3.05, 3.63) is 33.9 Å². The minimum absolute atomic E-state index is 0.00202. The molecule has 1 amide bonds. The first-order chi connectivity index (χ1) is 11.6. The molecule has 1 aliphatic heterocycles. The van der Waals surface area contributed by atoms with Gasteiger partial charge in [-0.3, -0.25) is 19.7 Å². The van der Waals surface area contributed by atoms with E-state index in [2.05, 4.69) is 0 Å². The summed E-state index contributed by atoms with van der Waals surface area (Å²) in [4.78, 5) is 34.5. The predicted octanol–water partition coefficient (Wildman–Crippen LogP) is 0.314. The van der Waals surface area contributed by atoms with Crippen LogP contribution in [0.3, 0.4) is 0 Å². The van der Waals surface area contributed by atoms with Crippen LogP contribution < -0.4 is 0 Å². The molecule has 1 fully saturated rings. The lowest BCUT2D eigenvalue weighted by Gasteiger charge is -2.32. The molecule has 136 valence electrons. The molecule has 1 aromatic rings. The second kappa shape index (κ2) is 7.15. The Hall–Kier alpha value is -2.53. The van der Waals surface area contributed by atoms with Gasteiger partial charge in [-0.05, 0) is 6.07 Å². The Bertz CT molecular complexity index is 820. The molecule has 0 spiro atoms. The number of amides is 1. The molecule has 1 aromatic carbocycles. The van der Waals surface area contributed by atoms with E-state index < -0.39 is 38.4 Å². The van der Waals surface area contributed by atoms with Crippen molar-refractivity contribution < 1.29 is 32.8 Å². The number of hydrogen-bond acceptors (Lipinski definition) is 7. The topological polar surface area (TPSA) is 144 Å². The van der Waals surface area contributed by atoms with Crippen LogP contribution in [-0.2, 0) is 19.4 Å². The van der Waals surface area contributed by atoms with E-state index in [4.69, 9.17) is 9.84 Å². The fourth-order valence-corrected chi connectivity index (χ4v) is 3.11. The molecule has 1 aliphatic rings. The second-order valence-electron chi connectivity index (χ2n) is 5.59. The predicted molar refractivity (Wildman–Crippen MR) is 84.1 cm³/mol. The standard InChI is InChI=1S/C14H16N2O8S/c1-25(22,23)12-5-9(4-10(6-12)16(20)21)14(19)15-2-3-24-11(8-15)7-13(17)18/h4-6,11H,2-3,7-8H2,1H3,(H,17,18). The highest BCUT2D eigenvalue weighted by Gasteiger charge is 2.28. The number of nitro benzene ring substituents is 1. The average Bonchev–Trinajstić information content (AvgIpc) is 2.52. The zero-order valence-electron chi connectivity index (χ0n) is 13.2. The average molecular weight is 372 g/mol. The minimum atomic E-state index is -3.75. The van der Waals surface area contributed by atoms with Crippen molar-refractivity contribution in [1.82, 2.24) is 4.90 Å². The van der Waals surface area contributed by atoms with Crippen LogP contribution in [0.25, 0.3) is 0 Å². The van der Waals surface area contributed by atoms with Gasteiger partial charge in [0.2, 0.25) is 0 Å². The molecule has 1 heterocycles. The monoisotopic (exact) mass is 372 g/mol. The molecule has 0 saturated carbocycles. The van der Waals surface area contributed by atoms with E-state index in [9.17, 15) is 28.1 Å². The van der Waals surface area contributed by atoms with Crippen LogP contribution in [0.1, 0.15) is 16.8 Å². The number of carboxylic acid groups (broad SMARTS) is 1. The molecule has 11 heteroatoms. The Balaban J connectivity index is 2.33. The molecule has 1 saturated heterocycles. The van der Waals surface area contributed by atoms with E-state index in [1.165, 1.54) is 4.90 Å². The zero-order chi connectivity index (χ0) is 18.8. The number of non-ortho nitro benzene ring substituents is 1. The Morgan fingerprint density at radius 3 is 2.64 bits per heavy atom. The number of sulfone groups is 1. The van der Waals surface area contributed by atoms with Crippen LogP contribution in [0.5, 0.6) is 0 Å². The first-order valence-corrected chi connectivity index (χ1v) is 9.09. The maximum absolute atomic E-state index is 12.6. The van der Waals surface area contributed by atoms with Crippen LogP contribution >= 0.6 is 0 Å². The summed E-state index contributed by atoms with van der Waals surface area (Å²) in [6.45, 7) is 0.297. The molecule has 10 nitrogen and oxygen atoms in total. The van der Waals surface area contributed by atoms with Crippen LogP contribution in [0.15, 0.2) is 23.1 Å². The van der Waals surface area contributed by atoms with Crippen molar-refractivity contribution in [1.29, 1.82) is 0 Å². The summed E-state index contributed by atoms with van der Waals surface area (Å²) in [5.41, 5.74) is -0.660. The normalized spacial score (nSPS) is 18.0. The number of morpholine rings is 1. The molecule has 2 rings (SSSR count). The summed E-state index contributed by atoms with van der Waals surface area (Å²) in [5.74, 6) is -1.69. The van der Waals surface area contributed by atoms with Crippen LogP contribution in [0.2, 0.25) is 0 Å². The number of hydrogen-bond donors (Lipinski definition) is 1. The number of carbonyl (C=O) groups excluding carboxylic acids is 1. The van der Waals surface area contributed by atoms with Gasteiger partial charge < -0.3 is 14.7 Å². The van der Waals surface area contributed by atoms with Gasteiger partial charge in [0.05, 0.1) is 29.0 Å². The van der Waals surface area contributed by atoms with Crippen LogP contribution in [-0.4, -0.2) is 67.3 Å². The molecular weight excluding hydrogens is 356 g/mol. The van der Waals surface area contributed by atoms with Gasteiger partial charge in [0, 0.05) is 37.0 Å². The van der Waals surface area contributed by atoms with Gasteiger partial charge in [0.15, 0.2) is 9.84 Å². The first kappa shape index (κ1) is 18.8. The lowest BCUT2D eigenvalue weighted by atomic mass is 10.1. The lowest BCUT2D eigenvalue weighted by molar-refractivity contribution is -0.385. The molecule has 1 unspecified atom stereocenters. The van der Waals surface area contributed by atoms with E-state index in [1.54, 1.807) is 0 Å². The maximum Gasteiger partial charge on any atom is 0.306 e. The van der Waals surface area contributed by atoms with Crippen molar-refractivity contribution in [2.45, 2.75) is 17.4 Å². The molecule has 25 heavy (non-hydrogen) atoms. The number of nitro groups is 1. The van der Waals surface area contributed by atoms with Gasteiger partial charge in [0.1, 0.15) is 0 Å². The zero-order valence-corrected chi connectivity index (χ0v) is 14.1. The molecule has 0 aliphatic carbocycles. The minimum Gasteiger partial charge on any atom is -0.481 e. The van der Waals surface area contributed by atoms with Crippen molar-refractivity contribution in [3.8, 4) is 0 Å². The van der Waals surface area contributed by atoms with Gasteiger partial charge in [-0.1, -0.05) is 0 Å². The Morgan fingerprint density at radius 1 is 1.40 bits per heavy atom. The highest BCUT2D eigenvalue weighted by atomic mass is 32.2. The van der Waals surface area contributed by atoms with Gasteiger partial charge >= 0.3 is 5.97 Å². The summed E-state index contributed by atoms with van der Waals surface area (Å²) in [6, 6.07) is 2.96. The highest BCUT2D eigenvalue weighted by molar-refractivity contribution is 7.90. The number of ether oxygens (including phenoxy) is 1. The van der Waals surface area contributed by atoms with E-state index in [0.717, 1.165) is 24.5 Å². The van der Waals surface area contributed by atoms with Crippen molar-refractivity contribution in [2.24, 2.45) is 0 Å². The number of carboxylic acids is 1. The van der Waals surface area contributed by atoms with Crippen molar-refractivity contribution >= 4 is 27.4 Å². The third-order valence-corrected chi connectivity index (χ3v) is 4.70. The third-order valence-electron chi connectivity index (χ3n) is 3.61. The van der Waals surface area contributed by atoms with Gasteiger partial charge in [0.25, 0.3) is 11.6 Å². The fraction of sp³-hybridized carbons (Fsp3) is 0.429. The van der Waals surface area contributed by atoms with E-state index in [0.29, 0.717) is 0 Å². The molecular formula is C14H16N2O8S. The second-order valence-corrected chi connectivity index (χ2v) is 7.60. The number of benzene rings is 1. The van der Waals surface area contributed by atoms with Gasteiger partial charge in [-0.2, -0.15) is 0 Å². The summed E-state index contributed by atoms with van der Waals surface area (Å²) in [7, 11) is -3.75. The lowest BCUT2D eigenvalue weighted by Crippen LogP contribution is -2.46. The third kappa shape index (κ3) is 4.73. The van der Waals surface area contributed by atoms with Crippen LogP contribution in [0, 0.1) is 10.1 Å². The Morgan fingerprint density at radius 2 is 2.08 bits per heavy atom. The SMILES string of the molecule is CS(=O)(=O)c1cc(C(=O)N2CCOC(CC(=O)O)C2)cc([N+](=O)[O-])c1. The Labute approximate surface area is 143 Å².